The number of hydrogen-bond acceptors (Lipinski definition) is 2. The van der Waals surface area contributed by atoms with Gasteiger partial charge in [0.15, 0.2) is 0 Å². The maximum atomic E-state index is 5.16. The molecule has 1 rings (SSSR count). The van der Waals surface area contributed by atoms with E-state index in [1.165, 1.54) is 32.2 Å². The van der Waals surface area contributed by atoms with Crippen LogP contribution in [0.5, 0.6) is 0 Å². The molecule has 0 radical (unpaired) electrons. The second kappa shape index (κ2) is 5.86. The molecule has 1 fully saturated rings. The van der Waals surface area contributed by atoms with Crippen LogP contribution in [0.25, 0.3) is 0 Å². The fourth-order valence-corrected chi connectivity index (χ4v) is 2.19. The van der Waals surface area contributed by atoms with Crippen LogP contribution < -0.4 is 5.32 Å². The Labute approximate surface area is 94.8 Å². The molecule has 1 saturated carbocycles. The Bertz CT molecular complexity index is 175. The molecule has 1 atom stereocenters. The summed E-state index contributed by atoms with van der Waals surface area (Å²) in [4.78, 5) is 0. The summed E-state index contributed by atoms with van der Waals surface area (Å²) in [6.07, 6.45) is 5.28. The van der Waals surface area contributed by atoms with Crippen LogP contribution in [-0.2, 0) is 4.74 Å². The predicted molar refractivity (Wildman–Crippen MR) is 65.1 cm³/mol. The third-order valence-corrected chi connectivity index (χ3v) is 3.44. The van der Waals surface area contributed by atoms with E-state index in [1.54, 1.807) is 7.11 Å². The molecule has 1 N–H and O–H groups in total. The van der Waals surface area contributed by atoms with Gasteiger partial charge in [-0.3, -0.25) is 0 Å². The molecule has 0 amide bonds. The van der Waals surface area contributed by atoms with Gasteiger partial charge in [0.05, 0.1) is 0 Å². The van der Waals surface area contributed by atoms with Gasteiger partial charge in [0, 0.05) is 26.3 Å². The van der Waals surface area contributed by atoms with Crippen molar-refractivity contribution in [2.24, 2.45) is 11.3 Å². The smallest absolute Gasteiger partial charge is 0.0468 e. The molecule has 0 heterocycles. The Morgan fingerprint density at radius 2 is 1.93 bits per heavy atom. The van der Waals surface area contributed by atoms with Crippen molar-refractivity contribution in [3.63, 3.8) is 0 Å². The van der Waals surface area contributed by atoms with Gasteiger partial charge >= 0.3 is 0 Å². The van der Waals surface area contributed by atoms with Gasteiger partial charge in [-0.05, 0) is 43.9 Å². The van der Waals surface area contributed by atoms with Crippen LogP contribution in [0.2, 0.25) is 0 Å². The summed E-state index contributed by atoms with van der Waals surface area (Å²) in [5.41, 5.74) is 0.585. The van der Waals surface area contributed by atoms with Gasteiger partial charge in [-0.25, -0.2) is 0 Å². The molecule has 15 heavy (non-hydrogen) atoms. The highest BCUT2D eigenvalue weighted by molar-refractivity contribution is 4.95. The first kappa shape index (κ1) is 13.0. The fourth-order valence-electron chi connectivity index (χ4n) is 2.19. The molecule has 0 bridgehead atoms. The molecule has 1 unspecified atom stereocenters. The van der Waals surface area contributed by atoms with E-state index in [0.29, 0.717) is 11.5 Å². The van der Waals surface area contributed by atoms with Crippen molar-refractivity contribution in [1.82, 2.24) is 5.32 Å². The number of rotatable bonds is 8. The molecular formula is C13H27NO. The molecule has 0 aromatic rings. The van der Waals surface area contributed by atoms with Gasteiger partial charge in [-0.2, -0.15) is 0 Å². The average Bonchev–Trinajstić information content (AvgIpc) is 2.92. The quantitative estimate of drug-likeness (QED) is 0.669. The Morgan fingerprint density at radius 1 is 1.27 bits per heavy atom. The Balaban J connectivity index is 2.13. The van der Waals surface area contributed by atoms with E-state index in [-0.39, 0.29) is 0 Å². The topological polar surface area (TPSA) is 21.3 Å². The van der Waals surface area contributed by atoms with Crippen molar-refractivity contribution in [3.05, 3.63) is 0 Å². The van der Waals surface area contributed by atoms with E-state index < -0.39 is 0 Å². The highest BCUT2D eigenvalue weighted by Gasteiger charge is 2.41. The van der Waals surface area contributed by atoms with Crippen molar-refractivity contribution in [1.29, 1.82) is 0 Å². The molecule has 0 aromatic carbocycles. The molecule has 0 saturated heterocycles. The van der Waals surface area contributed by atoms with Crippen molar-refractivity contribution < 1.29 is 4.74 Å². The lowest BCUT2D eigenvalue weighted by atomic mass is 10.0. The molecule has 2 nitrogen and oxygen atoms in total. The van der Waals surface area contributed by atoms with Crippen molar-refractivity contribution in [2.45, 2.75) is 52.5 Å². The first-order valence-electron chi connectivity index (χ1n) is 6.30. The minimum Gasteiger partial charge on any atom is -0.385 e. The fraction of sp³-hybridized carbons (Fsp3) is 1.00. The van der Waals surface area contributed by atoms with Gasteiger partial charge in [-0.15, -0.1) is 0 Å². The molecule has 1 aliphatic rings. The summed E-state index contributed by atoms with van der Waals surface area (Å²) >= 11 is 0. The number of methoxy groups -OCH3 is 1. The van der Waals surface area contributed by atoms with Gasteiger partial charge < -0.3 is 10.1 Å². The standard InChI is InChI=1S/C13H27NO/c1-11(2)9-12(3)14-10-13(5-6-13)7-8-15-4/h11-12,14H,5-10H2,1-4H3. The van der Waals surface area contributed by atoms with E-state index in [4.69, 9.17) is 4.74 Å². The summed E-state index contributed by atoms with van der Waals surface area (Å²) in [5.74, 6) is 0.793. The highest BCUT2D eigenvalue weighted by Crippen LogP contribution is 2.48. The predicted octanol–water partition coefficient (Wildman–Crippen LogP) is 2.83. The Morgan fingerprint density at radius 3 is 2.40 bits per heavy atom. The maximum absolute atomic E-state index is 5.16. The van der Waals surface area contributed by atoms with E-state index in [2.05, 4.69) is 26.1 Å². The Kier molecular flexibility index (Phi) is 5.07. The van der Waals surface area contributed by atoms with E-state index in [9.17, 15) is 0 Å². The molecule has 2 heteroatoms. The molecule has 90 valence electrons. The van der Waals surface area contributed by atoms with Crippen molar-refractivity contribution >= 4 is 0 Å². The summed E-state index contributed by atoms with van der Waals surface area (Å²) in [6.45, 7) is 8.98. The first-order chi connectivity index (χ1) is 7.08. The van der Waals surface area contributed by atoms with E-state index >= 15 is 0 Å². The largest absolute Gasteiger partial charge is 0.385 e. The van der Waals surface area contributed by atoms with Crippen LogP contribution in [0.4, 0.5) is 0 Å². The zero-order valence-corrected chi connectivity index (χ0v) is 10.8. The van der Waals surface area contributed by atoms with Crippen LogP contribution in [0.3, 0.4) is 0 Å². The van der Waals surface area contributed by atoms with Crippen LogP contribution in [0.15, 0.2) is 0 Å². The minimum atomic E-state index is 0.585. The normalized spacial score (nSPS) is 20.6. The lowest BCUT2D eigenvalue weighted by Crippen LogP contribution is -2.33. The molecule has 0 aromatic heterocycles. The van der Waals surface area contributed by atoms with E-state index in [0.717, 1.165) is 12.5 Å². The number of nitrogens with one attached hydrogen (secondary N) is 1. The maximum Gasteiger partial charge on any atom is 0.0468 e. The van der Waals surface area contributed by atoms with E-state index in [1.807, 2.05) is 0 Å². The van der Waals surface area contributed by atoms with Gasteiger partial charge in [0.1, 0.15) is 0 Å². The first-order valence-corrected chi connectivity index (χ1v) is 6.30. The molecule has 0 spiro atoms. The second-order valence-corrected chi connectivity index (χ2v) is 5.65. The molecule has 1 aliphatic carbocycles. The zero-order valence-electron chi connectivity index (χ0n) is 10.8. The average molecular weight is 213 g/mol. The van der Waals surface area contributed by atoms with Crippen LogP contribution in [0, 0.1) is 11.3 Å². The summed E-state index contributed by atoms with van der Waals surface area (Å²) in [7, 11) is 1.80. The van der Waals surface area contributed by atoms with Crippen LogP contribution >= 0.6 is 0 Å². The van der Waals surface area contributed by atoms with Crippen LogP contribution in [0.1, 0.15) is 46.5 Å². The van der Waals surface area contributed by atoms with Crippen molar-refractivity contribution in [3.8, 4) is 0 Å². The van der Waals surface area contributed by atoms with Gasteiger partial charge in [-0.1, -0.05) is 13.8 Å². The van der Waals surface area contributed by atoms with Gasteiger partial charge in [0.25, 0.3) is 0 Å². The van der Waals surface area contributed by atoms with Gasteiger partial charge in [0.2, 0.25) is 0 Å². The second-order valence-electron chi connectivity index (χ2n) is 5.65. The SMILES string of the molecule is COCCC1(CNC(C)CC(C)C)CC1. The molecule has 0 aliphatic heterocycles. The molecular weight excluding hydrogens is 186 g/mol. The summed E-state index contributed by atoms with van der Waals surface area (Å²) < 4.78 is 5.16. The van der Waals surface area contributed by atoms with Crippen molar-refractivity contribution in [2.75, 3.05) is 20.3 Å². The lowest BCUT2D eigenvalue weighted by Gasteiger charge is -2.21. The monoisotopic (exact) mass is 213 g/mol. The highest BCUT2D eigenvalue weighted by atomic mass is 16.5. The summed E-state index contributed by atoms with van der Waals surface area (Å²) in [6, 6.07) is 0.657. The number of ether oxygens (including phenoxy) is 1. The minimum absolute atomic E-state index is 0.585. The summed E-state index contributed by atoms with van der Waals surface area (Å²) in [5, 5.41) is 3.67. The Hall–Kier alpha value is -0.0800. The zero-order chi connectivity index (χ0) is 11.3. The third-order valence-electron chi connectivity index (χ3n) is 3.44. The lowest BCUT2D eigenvalue weighted by molar-refractivity contribution is 0.170. The third kappa shape index (κ3) is 4.98. The number of hydrogen-bond donors (Lipinski definition) is 1. The van der Waals surface area contributed by atoms with Crippen LogP contribution in [-0.4, -0.2) is 26.3 Å².